The number of hydrogen-bond acceptors (Lipinski definition) is 3. The number of nitrogens with two attached hydrogens (primary N) is 1. The summed E-state index contributed by atoms with van der Waals surface area (Å²) in [6.07, 6.45) is -4.06. The fourth-order valence-corrected chi connectivity index (χ4v) is 2.93. The van der Waals surface area contributed by atoms with Gasteiger partial charge < -0.3 is 15.6 Å². The van der Waals surface area contributed by atoms with Crippen LogP contribution in [-0.4, -0.2) is 23.7 Å². The monoisotopic (exact) mass is 371 g/mol. The molecule has 1 saturated carbocycles. The summed E-state index contributed by atoms with van der Waals surface area (Å²) in [5.74, 6) is -0.253. The van der Waals surface area contributed by atoms with Crippen molar-refractivity contribution in [3.05, 3.63) is 29.8 Å². The molecule has 1 aromatic carbocycles. The van der Waals surface area contributed by atoms with Gasteiger partial charge in [0.25, 0.3) is 0 Å². The molecule has 0 heterocycles. The fourth-order valence-electron chi connectivity index (χ4n) is 2.93. The maximum absolute atomic E-state index is 12.8. The van der Waals surface area contributed by atoms with Crippen LogP contribution in [0.4, 0.5) is 17.6 Å². The maximum Gasteiger partial charge on any atom is 0.461 e. The molecule has 0 radical (unpaired) electrons. The Balaban J connectivity index is 0.00000288. The van der Waals surface area contributed by atoms with Crippen LogP contribution in [0.1, 0.15) is 43.7 Å². The molecule has 8 heteroatoms. The summed E-state index contributed by atoms with van der Waals surface area (Å²) in [6.45, 7) is 0. The molecule has 1 aromatic rings. The second kappa shape index (κ2) is 8.87. The quantitative estimate of drug-likeness (QED) is 0.733. The summed E-state index contributed by atoms with van der Waals surface area (Å²) in [7, 11) is 0. The van der Waals surface area contributed by atoms with E-state index in [4.69, 9.17) is 5.73 Å². The third-order valence-electron chi connectivity index (χ3n) is 4.27. The molecule has 2 atom stereocenters. The fraction of sp³-hybridized carbons (Fsp3) is 0.625. The van der Waals surface area contributed by atoms with E-state index < -0.39 is 24.7 Å². The Kier molecular flexibility index (Phi) is 7.76. The van der Waals surface area contributed by atoms with Gasteiger partial charge in [-0.25, -0.2) is 0 Å². The maximum atomic E-state index is 12.8. The van der Waals surface area contributed by atoms with Crippen molar-refractivity contribution in [3.63, 3.8) is 0 Å². The molecule has 3 nitrogen and oxygen atoms in total. The van der Waals surface area contributed by atoms with Gasteiger partial charge in [0, 0.05) is 0 Å². The van der Waals surface area contributed by atoms with Gasteiger partial charge in [-0.2, -0.15) is 17.6 Å². The average molecular weight is 372 g/mol. The molecule has 0 saturated heterocycles. The van der Waals surface area contributed by atoms with E-state index in [9.17, 15) is 22.7 Å². The van der Waals surface area contributed by atoms with Crippen LogP contribution in [0.5, 0.6) is 5.75 Å². The first kappa shape index (κ1) is 21.0. The lowest BCUT2D eigenvalue weighted by atomic mass is 9.81. The molecular formula is C16H22ClF4NO2. The minimum absolute atomic E-state index is 0. The number of benzene rings is 1. The second-order valence-electron chi connectivity index (χ2n) is 5.95. The second-order valence-corrected chi connectivity index (χ2v) is 5.95. The Bertz CT molecular complexity index is 495. The lowest BCUT2D eigenvalue weighted by Crippen LogP contribution is -2.34. The summed E-state index contributed by atoms with van der Waals surface area (Å²) >= 11 is 0. The van der Waals surface area contributed by atoms with Crippen molar-refractivity contribution >= 4 is 12.4 Å². The molecule has 1 aliphatic rings. The zero-order valence-corrected chi connectivity index (χ0v) is 13.8. The van der Waals surface area contributed by atoms with E-state index in [2.05, 4.69) is 4.74 Å². The molecule has 1 aliphatic carbocycles. The molecule has 0 aromatic heterocycles. The van der Waals surface area contributed by atoms with Gasteiger partial charge in [0.15, 0.2) is 0 Å². The summed E-state index contributed by atoms with van der Waals surface area (Å²) in [5.41, 5.74) is 6.59. The standard InChI is InChI=1S/C16H21F4NO2.ClH/c17-15(18)16(19,20)23-12-8-6-10(7-9-12)13(21)14(22)11-4-2-1-3-5-11;/h6-9,11,13-15,22H,1-5,21H2;1H/t13-,14+;/m1./s1. The van der Waals surface area contributed by atoms with Gasteiger partial charge in [0.1, 0.15) is 5.75 Å². The summed E-state index contributed by atoms with van der Waals surface area (Å²) in [5, 5.41) is 10.3. The molecule has 138 valence electrons. The van der Waals surface area contributed by atoms with Gasteiger partial charge in [0.2, 0.25) is 0 Å². The summed E-state index contributed by atoms with van der Waals surface area (Å²) < 4.78 is 53.8. The number of aliphatic hydroxyl groups excluding tert-OH is 1. The molecule has 3 N–H and O–H groups in total. The van der Waals surface area contributed by atoms with Gasteiger partial charge >= 0.3 is 12.5 Å². The smallest absolute Gasteiger partial charge is 0.428 e. The average Bonchev–Trinajstić information content (AvgIpc) is 2.54. The van der Waals surface area contributed by atoms with Crippen LogP contribution in [-0.2, 0) is 0 Å². The predicted molar refractivity (Wildman–Crippen MR) is 84.8 cm³/mol. The van der Waals surface area contributed by atoms with E-state index in [1.54, 1.807) is 0 Å². The van der Waals surface area contributed by atoms with Crippen LogP contribution in [0, 0.1) is 5.92 Å². The Morgan fingerprint density at radius 2 is 1.62 bits per heavy atom. The van der Waals surface area contributed by atoms with Crippen LogP contribution < -0.4 is 10.5 Å². The van der Waals surface area contributed by atoms with Crippen molar-refractivity contribution < 1.29 is 27.4 Å². The van der Waals surface area contributed by atoms with Crippen LogP contribution in [0.3, 0.4) is 0 Å². The zero-order chi connectivity index (χ0) is 17.0. The molecule has 0 amide bonds. The van der Waals surface area contributed by atoms with Gasteiger partial charge in [-0.1, -0.05) is 31.4 Å². The Morgan fingerprint density at radius 1 is 1.08 bits per heavy atom. The summed E-state index contributed by atoms with van der Waals surface area (Å²) in [4.78, 5) is 0. The number of alkyl halides is 4. The number of halogens is 5. The predicted octanol–water partition coefficient (Wildman–Crippen LogP) is 4.29. The Labute approximate surface area is 144 Å². The van der Waals surface area contributed by atoms with Gasteiger partial charge in [0.05, 0.1) is 12.1 Å². The molecule has 0 bridgehead atoms. The molecular weight excluding hydrogens is 350 g/mol. The first-order valence-electron chi connectivity index (χ1n) is 7.70. The van der Waals surface area contributed by atoms with Crippen LogP contribution in [0.15, 0.2) is 24.3 Å². The molecule has 24 heavy (non-hydrogen) atoms. The lowest BCUT2D eigenvalue weighted by molar-refractivity contribution is -0.253. The molecule has 0 spiro atoms. The number of aliphatic hydroxyl groups is 1. The lowest BCUT2D eigenvalue weighted by Gasteiger charge is -2.30. The van der Waals surface area contributed by atoms with Crippen molar-refractivity contribution in [2.45, 2.75) is 56.8 Å². The third-order valence-corrected chi connectivity index (χ3v) is 4.27. The number of ether oxygens (including phenoxy) is 1. The first-order chi connectivity index (χ1) is 10.8. The van der Waals surface area contributed by atoms with Gasteiger partial charge in [-0.15, -0.1) is 12.4 Å². The minimum atomic E-state index is -4.54. The van der Waals surface area contributed by atoms with Gasteiger partial charge in [-0.05, 0) is 36.5 Å². The molecule has 2 rings (SSSR count). The van der Waals surface area contributed by atoms with E-state index in [-0.39, 0.29) is 24.1 Å². The number of rotatable bonds is 6. The van der Waals surface area contributed by atoms with Crippen molar-refractivity contribution in [1.82, 2.24) is 0 Å². The minimum Gasteiger partial charge on any atom is -0.428 e. The number of hydrogen-bond donors (Lipinski definition) is 2. The highest BCUT2D eigenvalue weighted by molar-refractivity contribution is 5.85. The first-order valence-corrected chi connectivity index (χ1v) is 7.70. The van der Waals surface area contributed by atoms with Crippen molar-refractivity contribution in [2.24, 2.45) is 11.7 Å². The summed E-state index contributed by atoms with van der Waals surface area (Å²) in [6, 6.07) is 4.47. The third kappa shape index (κ3) is 5.22. The SMILES string of the molecule is Cl.N[C@H](c1ccc(OC(F)(F)C(F)F)cc1)[C@@H](O)C1CCCCC1. The Morgan fingerprint density at radius 3 is 2.12 bits per heavy atom. The highest BCUT2D eigenvalue weighted by Crippen LogP contribution is 2.32. The molecule has 0 aliphatic heterocycles. The van der Waals surface area contributed by atoms with E-state index in [0.717, 1.165) is 44.2 Å². The van der Waals surface area contributed by atoms with E-state index in [0.29, 0.717) is 5.56 Å². The van der Waals surface area contributed by atoms with Crippen molar-refractivity contribution in [1.29, 1.82) is 0 Å². The van der Waals surface area contributed by atoms with E-state index in [1.165, 1.54) is 12.1 Å². The van der Waals surface area contributed by atoms with Crippen LogP contribution in [0.2, 0.25) is 0 Å². The normalized spacial score (nSPS) is 18.8. The topological polar surface area (TPSA) is 55.5 Å². The van der Waals surface area contributed by atoms with Crippen LogP contribution in [0.25, 0.3) is 0 Å². The van der Waals surface area contributed by atoms with E-state index >= 15 is 0 Å². The van der Waals surface area contributed by atoms with Gasteiger partial charge in [-0.3, -0.25) is 0 Å². The molecule has 1 fully saturated rings. The highest BCUT2D eigenvalue weighted by Gasteiger charge is 2.44. The van der Waals surface area contributed by atoms with E-state index in [1.807, 2.05) is 0 Å². The zero-order valence-electron chi connectivity index (χ0n) is 13.0. The highest BCUT2D eigenvalue weighted by atomic mass is 35.5. The van der Waals surface area contributed by atoms with Crippen molar-refractivity contribution in [2.75, 3.05) is 0 Å². The van der Waals surface area contributed by atoms with Crippen molar-refractivity contribution in [3.8, 4) is 5.75 Å². The van der Waals surface area contributed by atoms with Crippen LogP contribution >= 0.6 is 12.4 Å². The largest absolute Gasteiger partial charge is 0.461 e. The Hall–Kier alpha value is -1.05. The molecule has 0 unspecified atom stereocenters.